The Morgan fingerprint density at radius 2 is 1.97 bits per heavy atom. The lowest BCUT2D eigenvalue weighted by molar-refractivity contribution is 0.0526. The van der Waals surface area contributed by atoms with Crippen LogP contribution in [0.5, 0.6) is 0 Å². The lowest BCUT2D eigenvalue weighted by Crippen LogP contribution is -2.11. The predicted molar refractivity (Wildman–Crippen MR) is 119 cm³/mol. The zero-order valence-electron chi connectivity index (χ0n) is 17.4. The van der Waals surface area contributed by atoms with Crippen molar-refractivity contribution < 1.29 is 9.53 Å². The molecule has 0 saturated heterocycles. The molecule has 0 aliphatic carbocycles. The molecule has 0 saturated carbocycles. The minimum absolute atomic E-state index is 0.278. The van der Waals surface area contributed by atoms with Crippen molar-refractivity contribution in [3.63, 3.8) is 0 Å². The number of thioether (sulfide) groups is 1. The summed E-state index contributed by atoms with van der Waals surface area (Å²) in [5.74, 6) is 0.658. The summed E-state index contributed by atoms with van der Waals surface area (Å²) in [7, 11) is 0. The van der Waals surface area contributed by atoms with Crippen molar-refractivity contribution in [2.24, 2.45) is 0 Å². The smallest absolute Gasteiger partial charge is 0.343 e. The molecular formula is C21H24N6O2S. The van der Waals surface area contributed by atoms with E-state index in [-0.39, 0.29) is 6.61 Å². The fraction of sp³-hybridized carbons (Fsp3) is 0.286. The van der Waals surface area contributed by atoms with Crippen molar-refractivity contribution in [2.45, 2.75) is 32.3 Å². The average Bonchev–Trinajstić information content (AvgIpc) is 2.74. The van der Waals surface area contributed by atoms with Gasteiger partial charge < -0.3 is 15.4 Å². The highest BCUT2D eigenvalue weighted by atomic mass is 32.2. The molecule has 2 aromatic heterocycles. The molecule has 2 heterocycles. The maximum atomic E-state index is 12.4. The summed E-state index contributed by atoms with van der Waals surface area (Å²) in [4.78, 5) is 29.4. The van der Waals surface area contributed by atoms with E-state index in [0.29, 0.717) is 22.4 Å². The van der Waals surface area contributed by atoms with Gasteiger partial charge in [-0.3, -0.25) is 0 Å². The van der Waals surface area contributed by atoms with Gasteiger partial charge in [-0.2, -0.15) is 0 Å². The maximum Gasteiger partial charge on any atom is 0.343 e. The number of carbonyl (C=O) groups excluding carboxylic acids is 1. The maximum absolute atomic E-state index is 12.4. The van der Waals surface area contributed by atoms with Crippen molar-refractivity contribution in [2.75, 3.05) is 23.5 Å². The van der Waals surface area contributed by atoms with Crippen LogP contribution >= 0.6 is 11.8 Å². The number of aromatic nitrogens is 4. The van der Waals surface area contributed by atoms with Gasteiger partial charge in [0.05, 0.1) is 6.61 Å². The fourth-order valence-corrected chi connectivity index (χ4v) is 3.14. The second kappa shape index (κ2) is 10.0. The number of nitrogens with one attached hydrogen (secondary N) is 2. The van der Waals surface area contributed by atoms with Crippen LogP contribution in [0.25, 0.3) is 0 Å². The van der Waals surface area contributed by atoms with Crippen LogP contribution in [0, 0.1) is 6.92 Å². The lowest BCUT2D eigenvalue weighted by atomic mass is 10.1. The molecule has 1 aromatic carbocycles. The highest BCUT2D eigenvalue weighted by Gasteiger charge is 2.17. The highest BCUT2D eigenvalue weighted by molar-refractivity contribution is 7.98. The summed E-state index contributed by atoms with van der Waals surface area (Å²) in [6, 6.07) is 7.85. The van der Waals surface area contributed by atoms with Crippen LogP contribution < -0.4 is 10.6 Å². The first-order valence-electron chi connectivity index (χ1n) is 9.57. The molecule has 0 aliphatic heterocycles. The number of anilines is 4. The van der Waals surface area contributed by atoms with E-state index in [1.54, 1.807) is 6.92 Å². The molecule has 2 N–H and O–H groups in total. The molecule has 8 nitrogen and oxygen atoms in total. The van der Waals surface area contributed by atoms with Gasteiger partial charge in [0.15, 0.2) is 5.16 Å². The molecule has 3 rings (SSSR count). The normalized spacial score (nSPS) is 10.5. The summed E-state index contributed by atoms with van der Waals surface area (Å²) < 4.78 is 5.16. The minimum atomic E-state index is -0.462. The third kappa shape index (κ3) is 5.24. The van der Waals surface area contributed by atoms with Crippen LogP contribution in [0.4, 0.5) is 23.0 Å². The van der Waals surface area contributed by atoms with E-state index >= 15 is 0 Å². The summed E-state index contributed by atoms with van der Waals surface area (Å²) in [6.07, 6.45) is 5.71. The number of hydrogen-bond acceptors (Lipinski definition) is 9. The second-order valence-corrected chi connectivity index (χ2v) is 7.13. The third-order valence-electron chi connectivity index (χ3n) is 4.26. The second-order valence-electron chi connectivity index (χ2n) is 6.36. The van der Waals surface area contributed by atoms with E-state index in [1.807, 2.05) is 37.4 Å². The molecular weight excluding hydrogens is 400 g/mol. The SMILES string of the molecule is CCOC(=O)c1cnc(SC)nc1Nc1cc(Nc2cc(C)ncn2)ccc1CC. The van der Waals surface area contributed by atoms with Crippen LogP contribution in [0.3, 0.4) is 0 Å². The Morgan fingerprint density at radius 3 is 2.67 bits per heavy atom. The number of benzene rings is 1. The van der Waals surface area contributed by atoms with Crippen molar-refractivity contribution in [3.05, 3.63) is 53.6 Å². The number of hydrogen-bond donors (Lipinski definition) is 2. The largest absolute Gasteiger partial charge is 0.462 e. The lowest BCUT2D eigenvalue weighted by Gasteiger charge is -2.15. The van der Waals surface area contributed by atoms with Gasteiger partial charge in [0, 0.05) is 29.3 Å². The number of nitrogens with zero attached hydrogens (tertiary/aromatic N) is 4. The molecule has 0 unspecified atom stereocenters. The van der Waals surface area contributed by atoms with E-state index in [9.17, 15) is 4.79 Å². The number of rotatable bonds is 8. The molecule has 156 valence electrons. The molecule has 0 amide bonds. The summed E-state index contributed by atoms with van der Waals surface area (Å²) in [5.41, 5.74) is 3.94. The molecule has 0 aliphatic rings. The summed E-state index contributed by atoms with van der Waals surface area (Å²) >= 11 is 1.40. The summed E-state index contributed by atoms with van der Waals surface area (Å²) in [5, 5.41) is 7.15. The quantitative estimate of drug-likeness (QED) is 0.307. The van der Waals surface area contributed by atoms with E-state index in [2.05, 4.69) is 37.5 Å². The third-order valence-corrected chi connectivity index (χ3v) is 4.83. The topological polar surface area (TPSA) is 102 Å². The molecule has 30 heavy (non-hydrogen) atoms. The minimum Gasteiger partial charge on any atom is -0.462 e. The van der Waals surface area contributed by atoms with Gasteiger partial charge in [0.1, 0.15) is 23.5 Å². The Morgan fingerprint density at radius 1 is 1.13 bits per heavy atom. The van der Waals surface area contributed by atoms with Crippen molar-refractivity contribution in [1.29, 1.82) is 0 Å². The van der Waals surface area contributed by atoms with Crippen LogP contribution in [-0.2, 0) is 11.2 Å². The van der Waals surface area contributed by atoms with Crippen molar-refractivity contribution >= 4 is 40.7 Å². The first-order chi connectivity index (χ1) is 14.5. The van der Waals surface area contributed by atoms with E-state index < -0.39 is 5.97 Å². The van der Waals surface area contributed by atoms with Crippen LogP contribution in [0.15, 0.2) is 41.9 Å². The molecule has 0 radical (unpaired) electrons. The molecule has 9 heteroatoms. The number of esters is 1. The fourth-order valence-electron chi connectivity index (χ4n) is 2.79. The van der Waals surface area contributed by atoms with Gasteiger partial charge in [-0.05, 0) is 44.2 Å². The van der Waals surface area contributed by atoms with Crippen LogP contribution in [0.1, 0.15) is 35.5 Å². The number of ether oxygens (including phenoxy) is 1. The van der Waals surface area contributed by atoms with Crippen LogP contribution in [0.2, 0.25) is 0 Å². The van der Waals surface area contributed by atoms with E-state index in [4.69, 9.17) is 4.74 Å². The Labute approximate surface area is 179 Å². The van der Waals surface area contributed by atoms with Gasteiger partial charge in [0.25, 0.3) is 0 Å². The summed E-state index contributed by atoms with van der Waals surface area (Å²) in [6.45, 7) is 6.03. The Bertz CT molecular complexity index is 1040. The monoisotopic (exact) mass is 424 g/mol. The molecule has 0 fully saturated rings. The van der Waals surface area contributed by atoms with Gasteiger partial charge in [-0.15, -0.1) is 0 Å². The van der Waals surface area contributed by atoms with E-state index in [0.717, 1.165) is 29.1 Å². The zero-order chi connectivity index (χ0) is 21.5. The Balaban J connectivity index is 1.96. The van der Waals surface area contributed by atoms with Gasteiger partial charge in [-0.1, -0.05) is 24.8 Å². The van der Waals surface area contributed by atoms with Gasteiger partial charge in [-0.25, -0.2) is 24.7 Å². The van der Waals surface area contributed by atoms with Crippen molar-refractivity contribution in [3.8, 4) is 0 Å². The molecule has 0 atom stereocenters. The Kier molecular flexibility index (Phi) is 7.18. The predicted octanol–water partition coefficient (Wildman–Crippen LogP) is 4.52. The number of carbonyl (C=O) groups is 1. The average molecular weight is 425 g/mol. The van der Waals surface area contributed by atoms with Crippen LogP contribution in [-0.4, -0.2) is 38.8 Å². The highest BCUT2D eigenvalue weighted by Crippen LogP contribution is 2.28. The first-order valence-corrected chi connectivity index (χ1v) is 10.8. The molecule has 0 spiro atoms. The Hall–Kier alpha value is -3.20. The molecule has 3 aromatic rings. The first kappa shape index (κ1) is 21.5. The van der Waals surface area contributed by atoms with Gasteiger partial charge >= 0.3 is 5.97 Å². The van der Waals surface area contributed by atoms with Crippen molar-refractivity contribution in [1.82, 2.24) is 19.9 Å². The zero-order valence-corrected chi connectivity index (χ0v) is 18.2. The van der Waals surface area contributed by atoms with E-state index in [1.165, 1.54) is 24.3 Å². The molecule has 0 bridgehead atoms. The van der Waals surface area contributed by atoms with Gasteiger partial charge in [0.2, 0.25) is 0 Å². The standard InChI is InChI=1S/C21H24N6O2S/c1-5-14-7-8-15(25-18-9-13(3)23-12-24-18)10-17(14)26-19-16(20(28)29-6-2)11-22-21(27-19)30-4/h7-12H,5-6H2,1-4H3,(H,22,26,27)(H,23,24,25). The number of aryl methyl sites for hydroxylation is 2.